The van der Waals surface area contributed by atoms with E-state index in [0.717, 1.165) is 16.8 Å². The Balaban J connectivity index is 1.62. The van der Waals surface area contributed by atoms with Gasteiger partial charge in [0.1, 0.15) is 0 Å². The van der Waals surface area contributed by atoms with Gasteiger partial charge in [-0.3, -0.25) is 9.59 Å². The van der Waals surface area contributed by atoms with Crippen LogP contribution in [0.2, 0.25) is 0 Å². The van der Waals surface area contributed by atoms with Gasteiger partial charge in [0, 0.05) is 35.5 Å². The summed E-state index contributed by atoms with van der Waals surface area (Å²) in [6.07, 6.45) is 0.228. The fourth-order valence-electron chi connectivity index (χ4n) is 2.83. The highest BCUT2D eigenvalue weighted by Gasteiger charge is 2.30. The number of nitrogens with zero attached hydrogens (tertiary/aromatic N) is 1. The van der Waals surface area contributed by atoms with Crippen molar-refractivity contribution in [3.63, 3.8) is 0 Å². The predicted octanol–water partition coefficient (Wildman–Crippen LogP) is 3.76. The lowest BCUT2D eigenvalue weighted by Gasteiger charge is -2.17. The predicted molar refractivity (Wildman–Crippen MR) is 95.7 cm³/mol. The van der Waals surface area contributed by atoms with Gasteiger partial charge in [0.05, 0.1) is 0 Å². The second-order valence-electron chi connectivity index (χ2n) is 6.05. The smallest absolute Gasteiger partial charge is 0.258 e. The molecular weight excluding hydrogens is 300 g/mol. The number of hydrogen-bond donors (Lipinski definition) is 1. The summed E-state index contributed by atoms with van der Waals surface area (Å²) >= 11 is 0. The van der Waals surface area contributed by atoms with Crippen LogP contribution >= 0.6 is 0 Å². The van der Waals surface area contributed by atoms with Gasteiger partial charge in [-0.2, -0.15) is 0 Å². The molecule has 1 aliphatic rings. The van der Waals surface area contributed by atoms with E-state index in [4.69, 9.17) is 0 Å². The lowest BCUT2D eigenvalue weighted by molar-refractivity contribution is -0.116. The number of carbonyl (C=O) groups is 2. The maximum absolute atomic E-state index is 12.4. The summed E-state index contributed by atoms with van der Waals surface area (Å²) in [7, 11) is 0. The second kappa shape index (κ2) is 6.32. The van der Waals surface area contributed by atoms with E-state index in [1.54, 1.807) is 11.0 Å². The molecule has 0 radical (unpaired) electrons. The summed E-state index contributed by atoms with van der Waals surface area (Å²) in [5, 5.41) is 2.88. The molecule has 4 heteroatoms. The number of rotatable bonds is 4. The second-order valence-corrected chi connectivity index (χ2v) is 6.05. The molecule has 122 valence electrons. The van der Waals surface area contributed by atoms with Gasteiger partial charge >= 0.3 is 0 Å². The van der Waals surface area contributed by atoms with Gasteiger partial charge in [0.15, 0.2) is 0 Å². The Labute approximate surface area is 141 Å². The van der Waals surface area contributed by atoms with Crippen LogP contribution in [0.3, 0.4) is 0 Å². The Morgan fingerprint density at radius 3 is 2.46 bits per heavy atom. The van der Waals surface area contributed by atoms with Crippen molar-refractivity contribution >= 4 is 23.2 Å². The van der Waals surface area contributed by atoms with Gasteiger partial charge in [-0.1, -0.05) is 30.8 Å². The molecule has 0 spiro atoms. The Bertz CT molecular complexity index is 804. The number of amides is 2. The Hall–Kier alpha value is -2.88. The van der Waals surface area contributed by atoms with Gasteiger partial charge in [-0.25, -0.2) is 0 Å². The highest BCUT2D eigenvalue weighted by molar-refractivity contribution is 6.09. The van der Waals surface area contributed by atoms with E-state index in [9.17, 15) is 9.59 Å². The number of nitrogens with one attached hydrogen (secondary N) is 1. The van der Waals surface area contributed by atoms with Crippen LogP contribution in [0.5, 0.6) is 0 Å². The SMILES string of the molecule is C=C1c2ccccc2C(=O)N1CCC(=O)Nc1ccc(C)c(C)c1. The van der Waals surface area contributed by atoms with E-state index in [1.807, 2.05) is 50.2 Å². The van der Waals surface area contributed by atoms with Crippen LogP contribution in [-0.2, 0) is 4.79 Å². The molecule has 0 unspecified atom stereocenters. The Kier molecular flexibility index (Phi) is 4.21. The van der Waals surface area contributed by atoms with Crippen molar-refractivity contribution in [1.82, 2.24) is 4.90 Å². The maximum Gasteiger partial charge on any atom is 0.258 e. The Morgan fingerprint density at radius 1 is 1.08 bits per heavy atom. The molecule has 0 atom stereocenters. The molecule has 0 bridgehead atoms. The maximum atomic E-state index is 12.4. The first kappa shape index (κ1) is 16.0. The van der Waals surface area contributed by atoms with Crippen LogP contribution in [0, 0.1) is 13.8 Å². The number of anilines is 1. The van der Waals surface area contributed by atoms with Gasteiger partial charge < -0.3 is 10.2 Å². The van der Waals surface area contributed by atoms with Gasteiger partial charge in [0.2, 0.25) is 5.91 Å². The average molecular weight is 320 g/mol. The van der Waals surface area contributed by atoms with Gasteiger partial charge in [-0.05, 0) is 43.2 Å². The first-order chi connectivity index (χ1) is 11.5. The van der Waals surface area contributed by atoms with Crippen LogP contribution in [0.1, 0.15) is 33.5 Å². The van der Waals surface area contributed by atoms with Crippen LogP contribution < -0.4 is 5.32 Å². The molecule has 2 aromatic carbocycles. The zero-order chi connectivity index (χ0) is 17.3. The van der Waals surface area contributed by atoms with Crippen LogP contribution in [0.15, 0.2) is 49.0 Å². The fourth-order valence-corrected chi connectivity index (χ4v) is 2.83. The summed E-state index contributed by atoms with van der Waals surface area (Å²) in [4.78, 5) is 26.1. The number of carbonyl (C=O) groups excluding carboxylic acids is 2. The van der Waals surface area contributed by atoms with Gasteiger partial charge in [-0.15, -0.1) is 0 Å². The van der Waals surface area contributed by atoms with E-state index in [2.05, 4.69) is 11.9 Å². The van der Waals surface area contributed by atoms with Gasteiger partial charge in [0.25, 0.3) is 5.91 Å². The summed E-state index contributed by atoms with van der Waals surface area (Å²) < 4.78 is 0. The number of benzene rings is 2. The summed E-state index contributed by atoms with van der Waals surface area (Å²) in [6.45, 7) is 8.35. The zero-order valence-corrected chi connectivity index (χ0v) is 13.9. The highest BCUT2D eigenvalue weighted by atomic mass is 16.2. The number of hydrogen-bond acceptors (Lipinski definition) is 2. The largest absolute Gasteiger partial charge is 0.326 e. The van der Waals surface area contributed by atoms with Crippen molar-refractivity contribution in [3.8, 4) is 0 Å². The normalized spacial score (nSPS) is 13.2. The van der Waals surface area contributed by atoms with Crippen molar-refractivity contribution in [1.29, 1.82) is 0 Å². The first-order valence-corrected chi connectivity index (χ1v) is 7.94. The summed E-state index contributed by atoms with van der Waals surface area (Å²) in [6, 6.07) is 13.2. The quantitative estimate of drug-likeness (QED) is 0.932. The summed E-state index contributed by atoms with van der Waals surface area (Å²) in [5.41, 5.74) is 5.25. The lowest BCUT2D eigenvalue weighted by atomic mass is 10.1. The van der Waals surface area contributed by atoms with Crippen molar-refractivity contribution in [2.24, 2.45) is 0 Å². The Morgan fingerprint density at radius 2 is 1.79 bits per heavy atom. The van der Waals surface area contributed by atoms with Crippen molar-refractivity contribution in [3.05, 3.63) is 71.3 Å². The molecule has 1 aliphatic heterocycles. The summed E-state index contributed by atoms with van der Waals surface area (Å²) in [5.74, 6) is -0.204. The lowest BCUT2D eigenvalue weighted by Crippen LogP contribution is -2.27. The minimum Gasteiger partial charge on any atom is -0.326 e. The van der Waals surface area contributed by atoms with Crippen LogP contribution in [-0.4, -0.2) is 23.3 Å². The molecule has 4 nitrogen and oxygen atoms in total. The average Bonchev–Trinajstić information content (AvgIpc) is 2.81. The fraction of sp³-hybridized carbons (Fsp3) is 0.200. The number of aryl methyl sites for hydroxylation is 2. The zero-order valence-electron chi connectivity index (χ0n) is 13.9. The minimum atomic E-state index is -0.116. The molecule has 24 heavy (non-hydrogen) atoms. The van der Waals surface area contributed by atoms with Crippen LogP contribution in [0.25, 0.3) is 5.70 Å². The molecule has 3 rings (SSSR count). The molecule has 1 heterocycles. The van der Waals surface area contributed by atoms with E-state index in [-0.39, 0.29) is 18.2 Å². The van der Waals surface area contributed by atoms with E-state index in [0.29, 0.717) is 17.8 Å². The molecule has 0 saturated heterocycles. The van der Waals surface area contributed by atoms with E-state index < -0.39 is 0 Å². The number of fused-ring (bicyclic) bond motifs is 1. The molecule has 2 aromatic rings. The van der Waals surface area contributed by atoms with E-state index in [1.165, 1.54) is 5.56 Å². The molecule has 0 saturated carbocycles. The topological polar surface area (TPSA) is 49.4 Å². The van der Waals surface area contributed by atoms with Crippen molar-refractivity contribution in [2.45, 2.75) is 20.3 Å². The third-order valence-corrected chi connectivity index (χ3v) is 4.39. The highest BCUT2D eigenvalue weighted by Crippen LogP contribution is 2.31. The van der Waals surface area contributed by atoms with E-state index >= 15 is 0 Å². The molecule has 0 aromatic heterocycles. The first-order valence-electron chi connectivity index (χ1n) is 7.94. The molecule has 2 amide bonds. The van der Waals surface area contributed by atoms with Crippen molar-refractivity contribution in [2.75, 3.05) is 11.9 Å². The molecule has 0 aliphatic carbocycles. The minimum absolute atomic E-state index is 0.0884. The monoisotopic (exact) mass is 320 g/mol. The van der Waals surface area contributed by atoms with Crippen LogP contribution in [0.4, 0.5) is 5.69 Å². The van der Waals surface area contributed by atoms with Crippen molar-refractivity contribution < 1.29 is 9.59 Å². The molecule has 0 fully saturated rings. The standard InChI is InChI=1S/C20H20N2O2/c1-13-8-9-16(12-14(13)2)21-19(23)10-11-22-15(3)17-6-4-5-7-18(17)20(22)24/h4-9,12H,3,10-11H2,1-2H3,(H,21,23). The third-order valence-electron chi connectivity index (χ3n) is 4.39. The third kappa shape index (κ3) is 2.95. The molecule has 1 N–H and O–H groups in total. The molecular formula is C20H20N2O2.